The van der Waals surface area contributed by atoms with Crippen LogP contribution in [0.4, 0.5) is 0 Å². The van der Waals surface area contributed by atoms with Gasteiger partial charge in [-0.3, -0.25) is 9.69 Å². The van der Waals surface area contributed by atoms with Crippen LogP contribution in [-0.2, 0) is 14.8 Å². The first kappa shape index (κ1) is 22.1. The molecule has 0 radical (unpaired) electrons. The molecule has 0 bridgehead atoms. The minimum absolute atomic E-state index is 0.0435. The molecule has 1 aromatic rings. The first-order valence-corrected chi connectivity index (χ1v) is 12.2. The Hall–Kier alpha value is -1.64. The summed E-state index contributed by atoms with van der Waals surface area (Å²) in [6.45, 7) is 8.07. The van der Waals surface area contributed by atoms with Crippen LogP contribution in [0.5, 0.6) is 5.75 Å². The molecule has 0 spiro atoms. The highest BCUT2D eigenvalue weighted by Gasteiger charge is 2.35. The van der Waals surface area contributed by atoms with Crippen molar-refractivity contribution in [1.82, 2.24) is 14.1 Å². The molecule has 8 heteroatoms. The number of carbonyl (C=O) groups is 1. The van der Waals surface area contributed by atoms with Crippen LogP contribution in [0.2, 0.25) is 0 Å². The summed E-state index contributed by atoms with van der Waals surface area (Å²) < 4.78 is 32.8. The maximum Gasteiger partial charge on any atom is 0.243 e. The summed E-state index contributed by atoms with van der Waals surface area (Å²) in [7, 11) is -3.56. The number of rotatable bonds is 7. The lowest BCUT2D eigenvalue weighted by molar-refractivity contribution is -0.139. The van der Waals surface area contributed by atoms with Crippen LogP contribution in [0.25, 0.3) is 0 Å². The van der Waals surface area contributed by atoms with E-state index in [1.165, 1.54) is 4.31 Å². The predicted octanol–water partition coefficient (Wildman–Crippen LogP) is 2.18. The molecule has 0 aliphatic carbocycles. The first-order chi connectivity index (χ1) is 14.0. The van der Waals surface area contributed by atoms with Gasteiger partial charge in [0.15, 0.2) is 0 Å². The molecule has 0 aromatic heterocycles. The lowest BCUT2D eigenvalue weighted by atomic mass is 10.0. The zero-order chi connectivity index (χ0) is 20.9. The normalized spacial score (nSPS) is 21.9. The number of amides is 1. The van der Waals surface area contributed by atoms with E-state index in [-0.39, 0.29) is 16.8 Å². The number of piperidine rings is 1. The van der Waals surface area contributed by atoms with Crippen LogP contribution in [-0.4, -0.2) is 80.3 Å². The highest BCUT2D eigenvalue weighted by Crippen LogP contribution is 2.23. The molecule has 1 atom stereocenters. The van der Waals surface area contributed by atoms with Crippen molar-refractivity contribution >= 4 is 15.9 Å². The molecule has 2 saturated heterocycles. The fourth-order valence-corrected chi connectivity index (χ4v) is 5.63. The lowest BCUT2D eigenvalue weighted by Crippen LogP contribution is -2.56. The Morgan fingerprint density at radius 2 is 1.72 bits per heavy atom. The Bertz CT molecular complexity index is 772. The van der Waals surface area contributed by atoms with Crippen molar-refractivity contribution in [3.05, 3.63) is 24.3 Å². The van der Waals surface area contributed by atoms with Crippen LogP contribution < -0.4 is 4.74 Å². The van der Waals surface area contributed by atoms with E-state index in [2.05, 4.69) is 11.8 Å². The van der Waals surface area contributed by atoms with E-state index in [0.717, 1.165) is 38.8 Å². The van der Waals surface area contributed by atoms with E-state index in [1.807, 2.05) is 11.8 Å². The number of likely N-dealkylation sites (tertiary alicyclic amines) is 1. The van der Waals surface area contributed by atoms with E-state index < -0.39 is 10.0 Å². The van der Waals surface area contributed by atoms with Crippen LogP contribution >= 0.6 is 0 Å². The van der Waals surface area contributed by atoms with Gasteiger partial charge in [-0.05, 0) is 63.5 Å². The Balaban J connectivity index is 1.61. The minimum atomic E-state index is -3.56. The summed E-state index contributed by atoms with van der Waals surface area (Å²) >= 11 is 0. The number of piperazine rings is 1. The Morgan fingerprint density at radius 1 is 1.03 bits per heavy atom. The number of hydrogen-bond acceptors (Lipinski definition) is 5. The monoisotopic (exact) mass is 423 g/mol. The van der Waals surface area contributed by atoms with E-state index in [0.29, 0.717) is 38.5 Å². The zero-order valence-corrected chi connectivity index (χ0v) is 18.4. The predicted molar refractivity (Wildman–Crippen MR) is 112 cm³/mol. The molecule has 162 valence electrons. The maximum atomic E-state index is 13.1. The van der Waals surface area contributed by atoms with Gasteiger partial charge in [0.05, 0.1) is 17.5 Å². The molecular formula is C21H33N3O4S. The third-order valence-corrected chi connectivity index (χ3v) is 7.65. The number of benzene rings is 1. The van der Waals surface area contributed by atoms with Crippen molar-refractivity contribution < 1.29 is 17.9 Å². The molecule has 7 nitrogen and oxygen atoms in total. The van der Waals surface area contributed by atoms with Gasteiger partial charge in [-0.1, -0.05) is 13.3 Å². The molecule has 2 aliphatic heterocycles. The summed E-state index contributed by atoms with van der Waals surface area (Å²) in [4.78, 5) is 17.5. The second-order valence-corrected chi connectivity index (χ2v) is 9.62. The molecule has 1 aromatic carbocycles. The molecule has 29 heavy (non-hydrogen) atoms. The average molecular weight is 424 g/mol. The molecule has 3 rings (SSSR count). The number of ether oxygens (including phenoxy) is 1. The van der Waals surface area contributed by atoms with Gasteiger partial charge in [-0.15, -0.1) is 0 Å². The van der Waals surface area contributed by atoms with Gasteiger partial charge < -0.3 is 9.64 Å². The van der Waals surface area contributed by atoms with Crippen LogP contribution in [0, 0.1) is 0 Å². The molecule has 0 N–H and O–H groups in total. The van der Waals surface area contributed by atoms with Crippen molar-refractivity contribution in [2.75, 3.05) is 45.9 Å². The highest BCUT2D eigenvalue weighted by atomic mass is 32.2. The quantitative estimate of drug-likeness (QED) is 0.672. The Morgan fingerprint density at radius 3 is 2.34 bits per heavy atom. The molecular weight excluding hydrogens is 390 g/mol. The van der Waals surface area contributed by atoms with Crippen molar-refractivity contribution in [1.29, 1.82) is 0 Å². The number of sulfonamides is 1. The molecule has 2 aliphatic rings. The van der Waals surface area contributed by atoms with Gasteiger partial charge in [-0.25, -0.2) is 8.42 Å². The first-order valence-electron chi connectivity index (χ1n) is 10.7. The van der Waals surface area contributed by atoms with E-state index >= 15 is 0 Å². The zero-order valence-electron chi connectivity index (χ0n) is 17.5. The number of nitrogens with zero attached hydrogens (tertiary/aromatic N) is 3. The highest BCUT2D eigenvalue weighted by molar-refractivity contribution is 7.89. The Kier molecular flexibility index (Phi) is 7.54. The van der Waals surface area contributed by atoms with E-state index in [1.54, 1.807) is 24.3 Å². The SMILES string of the molecule is CCCN1CCCCC1C(=O)N1CCN(S(=O)(=O)c2ccc(OCC)cc2)CC1. The van der Waals surface area contributed by atoms with E-state index in [4.69, 9.17) is 4.74 Å². The summed E-state index contributed by atoms with van der Waals surface area (Å²) in [5.74, 6) is 0.822. The molecule has 1 amide bonds. The standard InChI is InChI=1S/C21H33N3O4S/c1-3-12-22-13-6-5-7-20(22)21(25)23-14-16-24(17-15-23)29(26,27)19-10-8-18(9-11-19)28-4-2/h8-11,20H,3-7,12-17H2,1-2H3. The van der Waals surface area contributed by atoms with Crippen LogP contribution in [0.3, 0.4) is 0 Å². The lowest BCUT2D eigenvalue weighted by Gasteiger charge is -2.40. The van der Waals surface area contributed by atoms with Crippen LogP contribution in [0.15, 0.2) is 29.2 Å². The number of hydrogen-bond donors (Lipinski definition) is 0. The van der Waals surface area contributed by atoms with Crippen molar-refractivity contribution in [2.24, 2.45) is 0 Å². The molecule has 2 fully saturated rings. The fourth-order valence-electron chi connectivity index (χ4n) is 4.21. The third-order valence-electron chi connectivity index (χ3n) is 5.73. The van der Waals surface area contributed by atoms with Gasteiger partial charge >= 0.3 is 0 Å². The van der Waals surface area contributed by atoms with Gasteiger partial charge in [0.25, 0.3) is 0 Å². The second-order valence-electron chi connectivity index (χ2n) is 7.68. The average Bonchev–Trinajstić information content (AvgIpc) is 2.75. The topological polar surface area (TPSA) is 70.2 Å². The van der Waals surface area contributed by atoms with Crippen molar-refractivity contribution in [2.45, 2.75) is 50.5 Å². The maximum absolute atomic E-state index is 13.1. The van der Waals surface area contributed by atoms with Gasteiger partial charge in [0, 0.05) is 26.2 Å². The number of carbonyl (C=O) groups excluding carboxylic acids is 1. The van der Waals surface area contributed by atoms with E-state index in [9.17, 15) is 13.2 Å². The largest absolute Gasteiger partial charge is 0.494 e. The van der Waals surface area contributed by atoms with Gasteiger partial charge in [0.2, 0.25) is 15.9 Å². The van der Waals surface area contributed by atoms with Gasteiger partial charge in [-0.2, -0.15) is 4.31 Å². The molecule has 0 saturated carbocycles. The summed E-state index contributed by atoms with van der Waals surface area (Å²) in [5, 5.41) is 0. The summed E-state index contributed by atoms with van der Waals surface area (Å²) in [6.07, 6.45) is 4.18. The fraction of sp³-hybridized carbons (Fsp3) is 0.667. The summed E-state index contributed by atoms with van der Waals surface area (Å²) in [5.41, 5.74) is 0. The summed E-state index contributed by atoms with van der Waals surface area (Å²) in [6, 6.07) is 6.49. The molecule has 2 heterocycles. The van der Waals surface area contributed by atoms with Crippen LogP contribution in [0.1, 0.15) is 39.5 Å². The third kappa shape index (κ3) is 5.10. The van der Waals surface area contributed by atoms with Crippen molar-refractivity contribution in [3.63, 3.8) is 0 Å². The molecule has 1 unspecified atom stereocenters. The minimum Gasteiger partial charge on any atom is -0.494 e. The van der Waals surface area contributed by atoms with Gasteiger partial charge in [0.1, 0.15) is 5.75 Å². The van der Waals surface area contributed by atoms with Crippen molar-refractivity contribution in [3.8, 4) is 5.75 Å². The smallest absolute Gasteiger partial charge is 0.243 e. The second kappa shape index (κ2) is 9.91. The Labute approximate surface area is 174 Å².